The third-order valence-corrected chi connectivity index (χ3v) is 3.88. The van der Waals surface area contributed by atoms with E-state index in [4.69, 9.17) is 5.73 Å². The van der Waals surface area contributed by atoms with Gasteiger partial charge in [-0.3, -0.25) is 0 Å². The molecule has 0 bridgehead atoms. The molecule has 0 saturated heterocycles. The van der Waals surface area contributed by atoms with Crippen LogP contribution >= 0.6 is 0 Å². The average molecular weight is 210 g/mol. The number of nitrogens with zero attached hydrogens (tertiary/aromatic N) is 1. The summed E-state index contributed by atoms with van der Waals surface area (Å²) in [5, 5.41) is 0. The minimum Gasteiger partial charge on any atom is -0.330 e. The van der Waals surface area contributed by atoms with E-state index in [0.717, 1.165) is 18.5 Å². The molecule has 88 valence electrons. The Morgan fingerprint density at radius 2 is 1.87 bits per heavy atom. The normalized spacial score (nSPS) is 22.4. The van der Waals surface area contributed by atoms with Gasteiger partial charge < -0.3 is 10.6 Å². The van der Waals surface area contributed by atoms with Gasteiger partial charge in [-0.25, -0.2) is 0 Å². The molecule has 0 aromatic carbocycles. The largest absolute Gasteiger partial charge is 0.330 e. The van der Waals surface area contributed by atoms with Crippen LogP contribution in [0.3, 0.4) is 0 Å². The molecular formula is C13H26N2. The highest BCUT2D eigenvalue weighted by Gasteiger charge is 2.34. The Labute approximate surface area is 94.2 Å². The molecule has 0 radical (unpaired) electrons. The Kier molecular flexibility index (Phi) is 3.36. The Balaban J connectivity index is 1.73. The Hall–Kier alpha value is -0.0800. The summed E-state index contributed by atoms with van der Waals surface area (Å²) in [6, 6.07) is 0.930. The predicted octanol–water partition coefficient (Wildman–Crippen LogP) is 2.24. The Bertz CT molecular complexity index is 205. The van der Waals surface area contributed by atoms with Gasteiger partial charge in [0, 0.05) is 12.6 Å². The number of nitrogens with two attached hydrogens (primary N) is 1. The molecule has 0 spiro atoms. The van der Waals surface area contributed by atoms with E-state index in [1.807, 2.05) is 0 Å². The average Bonchev–Trinajstić information content (AvgIpc) is 3.01. The van der Waals surface area contributed by atoms with Crippen LogP contribution in [-0.4, -0.2) is 30.6 Å². The van der Waals surface area contributed by atoms with E-state index in [0.29, 0.717) is 5.41 Å². The van der Waals surface area contributed by atoms with Gasteiger partial charge in [-0.05, 0) is 56.5 Å². The molecule has 2 rings (SSSR count). The maximum absolute atomic E-state index is 5.78. The van der Waals surface area contributed by atoms with Crippen LogP contribution in [0.4, 0.5) is 0 Å². The van der Waals surface area contributed by atoms with Crippen LogP contribution in [0, 0.1) is 11.3 Å². The van der Waals surface area contributed by atoms with Gasteiger partial charge >= 0.3 is 0 Å². The topological polar surface area (TPSA) is 29.3 Å². The van der Waals surface area contributed by atoms with Gasteiger partial charge in [0.2, 0.25) is 0 Å². The first-order valence-electron chi connectivity index (χ1n) is 6.55. The molecule has 2 nitrogen and oxygen atoms in total. The van der Waals surface area contributed by atoms with Gasteiger partial charge in [-0.15, -0.1) is 0 Å². The standard InChI is InChI=1S/C13H26N2/c1-13(2,10-14)7-8-15(12-5-6-12)9-11-3-4-11/h11-12H,3-10,14H2,1-2H3. The van der Waals surface area contributed by atoms with E-state index in [1.54, 1.807) is 0 Å². The van der Waals surface area contributed by atoms with Crippen LogP contribution < -0.4 is 5.73 Å². The highest BCUT2D eigenvalue weighted by molar-refractivity contribution is 4.89. The van der Waals surface area contributed by atoms with E-state index in [2.05, 4.69) is 18.7 Å². The lowest BCUT2D eigenvalue weighted by molar-refractivity contribution is 0.206. The van der Waals surface area contributed by atoms with Gasteiger partial charge in [0.05, 0.1) is 0 Å². The molecule has 2 fully saturated rings. The van der Waals surface area contributed by atoms with Gasteiger partial charge in [0.15, 0.2) is 0 Å². The van der Waals surface area contributed by atoms with Gasteiger partial charge in [-0.1, -0.05) is 13.8 Å². The smallest absolute Gasteiger partial charge is 0.00965 e. The van der Waals surface area contributed by atoms with Crippen molar-refractivity contribution in [1.29, 1.82) is 0 Å². The second kappa shape index (κ2) is 4.42. The zero-order valence-corrected chi connectivity index (χ0v) is 10.3. The molecule has 0 atom stereocenters. The molecule has 0 amide bonds. The molecule has 15 heavy (non-hydrogen) atoms. The minimum atomic E-state index is 0.330. The lowest BCUT2D eigenvalue weighted by Crippen LogP contribution is -2.34. The van der Waals surface area contributed by atoms with E-state index in [-0.39, 0.29) is 0 Å². The van der Waals surface area contributed by atoms with Crippen molar-refractivity contribution in [3.8, 4) is 0 Å². The lowest BCUT2D eigenvalue weighted by atomic mass is 9.89. The SMILES string of the molecule is CC(C)(CN)CCN(CC1CC1)C1CC1. The van der Waals surface area contributed by atoms with Crippen molar-refractivity contribution < 1.29 is 0 Å². The fourth-order valence-electron chi connectivity index (χ4n) is 2.04. The maximum atomic E-state index is 5.78. The summed E-state index contributed by atoms with van der Waals surface area (Å²) in [7, 11) is 0. The summed E-state index contributed by atoms with van der Waals surface area (Å²) >= 11 is 0. The third kappa shape index (κ3) is 3.76. The zero-order chi connectivity index (χ0) is 10.9. The quantitative estimate of drug-likeness (QED) is 0.698. The van der Waals surface area contributed by atoms with E-state index in [9.17, 15) is 0 Å². The van der Waals surface area contributed by atoms with Crippen LogP contribution in [-0.2, 0) is 0 Å². The zero-order valence-electron chi connectivity index (χ0n) is 10.3. The van der Waals surface area contributed by atoms with Crippen molar-refractivity contribution in [1.82, 2.24) is 4.90 Å². The summed E-state index contributed by atoms with van der Waals surface area (Å²) in [6.45, 7) is 8.02. The first kappa shape index (κ1) is 11.4. The van der Waals surface area contributed by atoms with Crippen LogP contribution in [0.15, 0.2) is 0 Å². The first-order valence-corrected chi connectivity index (χ1v) is 6.55. The molecule has 2 saturated carbocycles. The van der Waals surface area contributed by atoms with Crippen molar-refractivity contribution in [3.63, 3.8) is 0 Å². The predicted molar refractivity (Wildman–Crippen MR) is 64.8 cm³/mol. The number of rotatable bonds is 7. The summed E-state index contributed by atoms with van der Waals surface area (Å²) in [5.74, 6) is 1.03. The maximum Gasteiger partial charge on any atom is 0.00965 e. The van der Waals surface area contributed by atoms with E-state index >= 15 is 0 Å². The number of hydrogen-bond donors (Lipinski definition) is 1. The second-order valence-corrected chi connectivity index (χ2v) is 6.29. The summed E-state index contributed by atoms with van der Waals surface area (Å²) in [5.41, 5.74) is 6.11. The summed E-state index contributed by atoms with van der Waals surface area (Å²) in [4.78, 5) is 2.73. The minimum absolute atomic E-state index is 0.330. The van der Waals surface area contributed by atoms with E-state index in [1.165, 1.54) is 45.2 Å². The first-order chi connectivity index (χ1) is 7.11. The molecule has 0 unspecified atom stereocenters. The summed E-state index contributed by atoms with van der Waals surface area (Å²) < 4.78 is 0. The number of hydrogen-bond acceptors (Lipinski definition) is 2. The second-order valence-electron chi connectivity index (χ2n) is 6.29. The van der Waals surface area contributed by atoms with Gasteiger partial charge in [0.1, 0.15) is 0 Å². The Morgan fingerprint density at radius 3 is 2.33 bits per heavy atom. The molecule has 2 aliphatic rings. The summed E-state index contributed by atoms with van der Waals surface area (Å²) in [6.07, 6.45) is 7.09. The van der Waals surface area contributed by atoms with Crippen molar-refractivity contribution >= 4 is 0 Å². The monoisotopic (exact) mass is 210 g/mol. The molecule has 0 heterocycles. The molecule has 0 aromatic rings. The molecule has 0 aliphatic heterocycles. The fraction of sp³-hybridized carbons (Fsp3) is 1.00. The van der Waals surface area contributed by atoms with E-state index < -0.39 is 0 Å². The van der Waals surface area contributed by atoms with Gasteiger partial charge in [-0.2, -0.15) is 0 Å². The van der Waals surface area contributed by atoms with Gasteiger partial charge in [0.25, 0.3) is 0 Å². The van der Waals surface area contributed by atoms with Crippen LogP contribution in [0.2, 0.25) is 0 Å². The molecule has 0 aromatic heterocycles. The highest BCUT2D eigenvalue weighted by Crippen LogP contribution is 2.35. The lowest BCUT2D eigenvalue weighted by Gasteiger charge is -2.28. The van der Waals surface area contributed by atoms with Crippen LogP contribution in [0.25, 0.3) is 0 Å². The highest BCUT2D eigenvalue weighted by atomic mass is 15.2. The van der Waals surface area contributed by atoms with Crippen molar-refractivity contribution in [2.24, 2.45) is 17.1 Å². The van der Waals surface area contributed by atoms with Crippen molar-refractivity contribution in [2.75, 3.05) is 19.6 Å². The van der Waals surface area contributed by atoms with Crippen LogP contribution in [0.5, 0.6) is 0 Å². The molecule has 2 aliphatic carbocycles. The van der Waals surface area contributed by atoms with Crippen molar-refractivity contribution in [2.45, 2.75) is 52.0 Å². The van der Waals surface area contributed by atoms with Crippen molar-refractivity contribution in [3.05, 3.63) is 0 Å². The molecular weight excluding hydrogens is 184 g/mol. The molecule has 2 heteroatoms. The molecule has 2 N–H and O–H groups in total. The fourth-order valence-corrected chi connectivity index (χ4v) is 2.04. The van der Waals surface area contributed by atoms with Crippen LogP contribution in [0.1, 0.15) is 46.0 Å². The Morgan fingerprint density at radius 1 is 1.20 bits per heavy atom. The third-order valence-electron chi connectivity index (χ3n) is 3.88.